The maximum Gasteiger partial charge on any atom is 0.159 e. The van der Waals surface area contributed by atoms with Crippen molar-refractivity contribution in [1.82, 2.24) is 35.0 Å². The van der Waals surface area contributed by atoms with Gasteiger partial charge in [0.2, 0.25) is 0 Å². The van der Waals surface area contributed by atoms with Crippen LogP contribution < -0.4 is 9.64 Å². The smallest absolute Gasteiger partial charge is 0.159 e. The molecule has 38 heavy (non-hydrogen) atoms. The fourth-order valence-electron chi connectivity index (χ4n) is 5.70. The number of benzene rings is 1. The molecule has 0 spiro atoms. The number of likely N-dealkylation sites (tertiary alicyclic amines) is 1. The van der Waals surface area contributed by atoms with Gasteiger partial charge < -0.3 is 14.6 Å². The summed E-state index contributed by atoms with van der Waals surface area (Å²) in [6.07, 6.45) is 11.8. The van der Waals surface area contributed by atoms with E-state index < -0.39 is 0 Å². The first-order valence-corrected chi connectivity index (χ1v) is 13.7. The van der Waals surface area contributed by atoms with Crippen molar-refractivity contribution < 1.29 is 4.74 Å². The molecular formula is C29H32N8O. The van der Waals surface area contributed by atoms with E-state index in [-0.39, 0.29) is 0 Å². The summed E-state index contributed by atoms with van der Waals surface area (Å²) in [7, 11) is 0. The van der Waals surface area contributed by atoms with E-state index in [0.717, 1.165) is 75.8 Å². The second kappa shape index (κ2) is 10.1. The van der Waals surface area contributed by atoms with Crippen molar-refractivity contribution in [1.29, 1.82) is 0 Å². The molecule has 2 aliphatic rings. The van der Waals surface area contributed by atoms with Crippen molar-refractivity contribution in [2.45, 2.75) is 32.1 Å². The molecule has 2 aliphatic heterocycles. The van der Waals surface area contributed by atoms with Crippen LogP contribution in [0.5, 0.6) is 5.75 Å². The van der Waals surface area contributed by atoms with E-state index in [4.69, 9.17) is 9.72 Å². The molecule has 0 aliphatic carbocycles. The van der Waals surface area contributed by atoms with Crippen LogP contribution in [0.2, 0.25) is 0 Å². The van der Waals surface area contributed by atoms with E-state index in [1.165, 1.54) is 45.2 Å². The molecule has 2 saturated heterocycles. The lowest BCUT2D eigenvalue weighted by Gasteiger charge is -2.27. The molecule has 1 aromatic carbocycles. The minimum absolute atomic E-state index is 0.677. The summed E-state index contributed by atoms with van der Waals surface area (Å²) < 4.78 is 6.04. The lowest BCUT2D eigenvalue weighted by atomic mass is 10.0. The Morgan fingerprint density at radius 1 is 0.868 bits per heavy atom. The van der Waals surface area contributed by atoms with E-state index >= 15 is 0 Å². The Hall–Kier alpha value is -3.98. The van der Waals surface area contributed by atoms with Gasteiger partial charge in [-0.25, -0.2) is 9.97 Å². The number of H-pyrrole nitrogens is 2. The normalized spacial score (nSPS) is 16.6. The summed E-state index contributed by atoms with van der Waals surface area (Å²) in [5, 5.41) is 8.82. The highest BCUT2D eigenvalue weighted by atomic mass is 16.5. The number of aromatic amines is 2. The molecule has 194 valence electrons. The average molecular weight is 509 g/mol. The minimum Gasteiger partial charge on any atom is -0.491 e. The van der Waals surface area contributed by atoms with Gasteiger partial charge >= 0.3 is 0 Å². The molecule has 4 aromatic heterocycles. The summed E-state index contributed by atoms with van der Waals surface area (Å²) in [4.78, 5) is 22.4. The van der Waals surface area contributed by atoms with Gasteiger partial charge in [-0.15, -0.1) is 0 Å². The second-order valence-electron chi connectivity index (χ2n) is 10.3. The highest BCUT2D eigenvalue weighted by molar-refractivity contribution is 5.97. The Labute approximate surface area is 221 Å². The fourth-order valence-corrected chi connectivity index (χ4v) is 5.70. The number of pyridine rings is 2. The predicted molar refractivity (Wildman–Crippen MR) is 149 cm³/mol. The van der Waals surface area contributed by atoms with Crippen molar-refractivity contribution >= 4 is 27.8 Å². The standard InChI is InChI=1S/C29H32N8O/c1-2-12-37(13-3-1)29-27-25(8-9-31-29)32-28(33-27)26-23-17-20(6-7-24(23)34-35-26)21-16-22(19-30-18-21)38-15-14-36-10-4-5-11-36/h6-9,16-19H,1-5,10-15H2,(H,32,33)(H,34,35). The van der Waals surface area contributed by atoms with Crippen LogP contribution in [0.25, 0.3) is 44.6 Å². The van der Waals surface area contributed by atoms with E-state index in [2.05, 4.69) is 59.2 Å². The number of aromatic nitrogens is 6. The lowest BCUT2D eigenvalue weighted by Crippen LogP contribution is -2.30. The number of anilines is 1. The summed E-state index contributed by atoms with van der Waals surface area (Å²) in [6.45, 7) is 6.04. The highest BCUT2D eigenvalue weighted by Gasteiger charge is 2.20. The average Bonchev–Trinajstić information content (AvgIpc) is 3.73. The van der Waals surface area contributed by atoms with E-state index in [9.17, 15) is 0 Å². The van der Waals surface area contributed by atoms with Crippen molar-refractivity contribution in [2.75, 3.05) is 44.2 Å². The van der Waals surface area contributed by atoms with E-state index in [1.807, 2.05) is 18.5 Å². The molecule has 0 unspecified atom stereocenters. The number of piperidine rings is 1. The number of hydrogen-bond acceptors (Lipinski definition) is 7. The van der Waals surface area contributed by atoms with Gasteiger partial charge in [0.15, 0.2) is 11.6 Å². The molecule has 7 rings (SSSR count). The van der Waals surface area contributed by atoms with Gasteiger partial charge in [-0.05, 0) is 75.0 Å². The first kappa shape index (κ1) is 23.2. The molecule has 5 aromatic rings. The van der Waals surface area contributed by atoms with Crippen molar-refractivity contribution in [3.05, 3.63) is 48.9 Å². The number of fused-ring (bicyclic) bond motifs is 2. The molecule has 0 saturated carbocycles. The summed E-state index contributed by atoms with van der Waals surface area (Å²) in [5.74, 6) is 2.49. The lowest BCUT2D eigenvalue weighted by molar-refractivity contribution is 0.237. The predicted octanol–water partition coefficient (Wildman–Crippen LogP) is 5.03. The number of imidazole rings is 1. The molecule has 0 radical (unpaired) electrons. The third-order valence-electron chi connectivity index (χ3n) is 7.75. The third kappa shape index (κ3) is 4.47. The largest absolute Gasteiger partial charge is 0.491 e. The maximum absolute atomic E-state index is 6.04. The molecule has 6 heterocycles. The fraction of sp³-hybridized carbons (Fsp3) is 0.379. The number of nitrogens with one attached hydrogen (secondary N) is 2. The topological polar surface area (TPSA) is 98.8 Å². The van der Waals surface area contributed by atoms with Gasteiger partial charge in [-0.3, -0.25) is 15.0 Å². The SMILES string of the molecule is c1cc2[nH]c(-c3n[nH]c4ccc(-c5cncc(OCCN6CCCC6)c5)cc34)nc2c(N2CCCCC2)n1. The van der Waals surface area contributed by atoms with Crippen LogP contribution in [0.1, 0.15) is 32.1 Å². The van der Waals surface area contributed by atoms with Gasteiger partial charge in [0.05, 0.1) is 17.2 Å². The Morgan fingerprint density at radius 3 is 2.63 bits per heavy atom. The highest BCUT2D eigenvalue weighted by Crippen LogP contribution is 2.33. The zero-order valence-electron chi connectivity index (χ0n) is 21.5. The molecule has 0 bridgehead atoms. The Bertz CT molecular complexity index is 1560. The Morgan fingerprint density at radius 2 is 1.74 bits per heavy atom. The molecular weight excluding hydrogens is 476 g/mol. The quantitative estimate of drug-likeness (QED) is 0.318. The van der Waals surface area contributed by atoms with Crippen LogP contribution >= 0.6 is 0 Å². The summed E-state index contributed by atoms with van der Waals surface area (Å²) in [5.41, 5.74) is 5.71. The Kier molecular flexibility index (Phi) is 6.13. The third-order valence-corrected chi connectivity index (χ3v) is 7.75. The first-order valence-electron chi connectivity index (χ1n) is 13.7. The van der Waals surface area contributed by atoms with Crippen molar-refractivity contribution in [2.24, 2.45) is 0 Å². The monoisotopic (exact) mass is 508 g/mol. The second-order valence-corrected chi connectivity index (χ2v) is 10.3. The van der Waals surface area contributed by atoms with Crippen LogP contribution in [-0.2, 0) is 0 Å². The zero-order valence-corrected chi connectivity index (χ0v) is 21.5. The summed E-state index contributed by atoms with van der Waals surface area (Å²) >= 11 is 0. The zero-order chi connectivity index (χ0) is 25.3. The van der Waals surface area contributed by atoms with E-state index in [1.54, 1.807) is 6.20 Å². The summed E-state index contributed by atoms with van der Waals surface area (Å²) in [6, 6.07) is 10.4. The minimum atomic E-state index is 0.677. The van der Waals surface area contributed by atoms with Crippen LogP contribution in [-0.4, -0.2) is 74.4 Å². The Balaban J connectivity index is 1.18. The molecule has 9 nitrogen and oxygen atoms in total. The maximum atomic E-state index is 6.04. The van der Waals surface area contributed by atoms with Gasteiger partial charge in [0.25, 0.3) is 0 Å². The molecule has 2 N–H and O–H groups in total. The van der Waals surface area contributed by atoms with Gasteiger partial charge in [-0.2, -0.15) is 5.10 Å². The van der Waals surface area contributed by atoms with E-state index in [0.29, 0.717) is 6.61 Å². The number of ether oxygens (including phenoxy) is 1. The number of nitrogens with zero attached hydrogens (tertiary/aromatic N) is 6. The number of rotatable bonds is 7. The van der Waals surface area contributed by atoms with Gasteiger partial charge in [0, 0.05) is 43.0 Å². The van der Waals surface area contributed by atoms with Crippen LogP contribution in [0.4, 0.5) is 5.82 Å². The van der Waals surface area contributed by atoms with Gasteiger partial charge in [0.1, 0.15) is 23.6 Å². The van der Waals surface area contributed by atoms with Crippen molar-refractivity contribution in [3.8, 4) is 28.4 Å². The first-order chi connectivity index (χ1) is 18.8. The van der Waals surface area contributed by atoms with Crippen LogP contribution in [0.3, 0.4) is 0 Å². The molecule has 9 heteroatoms. The number of hydrogen-bond donors (Lipinski definition) is 2. The van der Waals surface area contributed by atoms with Gasteiger partial charge in [-0.1, -0.05) is 6.07 Å². The van der Waals surface area contributed by atoms with Crippen molar-refractivity contribution in [3.63, 3.8) is 0 Å². The molecule has 0 atom stereocenters. The molecule has 0 amide bonds. The molecule has 2 fully saturated rings. The van der Waals surface area contributed by atoms with Crippen LogP contribution in [0.15, 0.2) is 48.9 Å². The van der Waals surface area contributed by atoms with Crippen LogP contribution in [0, 0.1) is 0 Å².